The number of rotatable bonds is 3. The quantitative estimate of drug-likeness (QED) is 0.894. The van der Waals surface area contributed by atoms with Gasteiger partial charge in [-0.3, -0.25) is 0 Å². The number of aryl methyl sites for hydroxylation is 2. The normalized spacial score (nSPS) is 12.4. The Bertz CT molecular complexity index is 979. The highest BCUT2D eigenvalue weighted by molar-refractivity contribution is 7.92. The van der Waals surface area contributed by atoms with Crippen LogP contribution in [0.3, 0.4) is 0 Å². The minimum Gasteiger partial charge on any atom is -0.225 e. The van der Waals surface area contributed by atoms with E-state index in [4.69, 9.17) is 16.7 Å². The smallest absolute Gasteiger partial charge is 0.225 e. The van der Waals surface area contributed by atoms with E-state index in [1.165, 1.54) is 37.3 Å². The van der Waals surface area contributed by atoms with Gasteiger partial charge >= 0.3 is 0 Å². The van der Waals surface area contributed by atoms with E-state index in [2.05, 4.69) is 0 Å². The number of sulfonamides is 1. The summed E-state index contributed by atoms with van der Waals surface area (Å²) in [7, 11) is -7.93. The van der Waals surface area contributed by atoms with E-state index in [0.29, 0.717) is 16.1 Å². The maximum Gasteiger partial charge on any atom is 0.238 e. The Balaban J connectivity index is 2.85. The maximum absolute atomic E-state index is 12.9. The summed E-state index contributed by atoms with van der Waals surface area (Å²) in [5.41, 5.74) is 1.000. The Hall–Kier alpha value is -1.41. The highest BCUT2D eigenvalue weighted by Crippen LogP contribution is 2.33. The molecule has 0 spiro atoms. The van der Waals surface area contributed by atoms with Crippen molar-refractivity contribution in [1.82, 2.24) is 0 Å². The molecule has 124 valence electrons. The molecule has 0 radical (unpaired) electrons. The lowest BCUT2D eigenvalue weighted by Gasteiger charge is -2.16. The van der Waals surface area contributed by atoms with Gasteiger partial charge in [-0.05, 0) is 61.7 Å². The van der Waals surface area contributed by atoms with E-state index in [9.17, 15) is 16.8 Å². The minimum absolute atomic E-state index is 0.0392. The van der Waals surface area contributed by atoms with Gasteiger partial charge in [-0.2, -0.15) is 0 Å². The summed E-state index contributed by atoms with van der Waals surface area (Å²) in [5.74, 6) is 0. The van der Waals surface area contributed by atoms with Crippen LogP contribution in [0.15, 0.2) is 45.0 Å². The molecule has 0 bridgehead atoms. The van der Waals surface area contributed by atoms with Crippen LogP contribution in [-0.4, -0.2) is 16.8 Å². The van der Waals surface area contributed by atoms with Crippen molar-refractivity contribution < 1.29 is 16.8 Å². The van der Waals surface area contributed by atoms with Gasteiger partial charge in [0.15, 0.2) is 0 Å². The molecule has 2 aromatic rings. The summed E-state index contributed by atoms with van der Waals surface area (Å²) in [6.07, 6.45) is 0. The first-order valence-corrected chi connectivity index (χ1v) is 10.0. The van der Waals surface area contributed by atoms with Gasteiger partial charge in [0.25, 0.3) is 0 Å². The third-order valence-corrected chi connectivity index (χ3v) is 7.02. The summed E-state index contributed by atoms with van der Waals surface area (Å²) in [6, 6.07) is 7.21. The number of primary sulfonamides is 1. The van der Waals surface area contributed by atoms with Crippen molar-refractivity contribution in [3.05, 3.63) is 52.0 Å². The molecule has 8 heteroatoms. The third kappa shape index (κ3) is 3.28. The zero-order chi connectivity index (χ0) is 17.6. The fourth-order valence-electron chi connectivity index (χ4n) is 2.73. The van der Waals surface area contributed by atoms with Crippen LogP contribution >= 0.6 is 11.6 Å². The molecule has 2 aromatic carbocycles. The molecular formula is C15H16ClNO4S2. The van der Waals surface area contributed by atoms with Gasteiger partial charge in [-0.1, -0.05) is 17.7 Å². The van der Waals surface area contributed by atoms with Crippen molar-refractivity contribution in [2.24, 2.45) is 5.14 Å². The lowest BCUT2D eigenvalue weighted by molar-refractivity contribution is 0.592. The average Bonchev–Trinajstić information content (AvgIpc) is 2.35. The van der Waals surface area contributed by atoms with Crippen LogP contribution in [-0.2, 0) is 19.9 Å². The first-order chi connectivity index (χ1) is 10.5. The predicted molar refractivity (Wildman–Crippen MR) is 88.9 cm³/mol. The van der Waals surface area contributed by atoms with Crippen molar-refractivity contribution >= 4 is 31.5 Å². The number of hydrogen-bond donors (Lipinski definition) is 1. The molecular weight excluding hydrogens is 358 g/mol. The Labute approximate surface area is 141 Å². The summed E-state index contributed by atoms with van der Waals surface area (Å²) in [6.45, 7) is 4.65. The second kappa shape index (κ2) is 5.90. The standard InChI is InChI=1S/C15H16ClNO4S2/c1-9-8-10(2)15(23(17,20)21)11(3)14(9)22(18,19)13-6-4-12(16)5-7-13/h4-8H,1-3H3,(H2,17,20,21). The molecule has 0 aliphatic heterocycles. The van der Waals surface area contributed by atoms with Gasteiger partial charge in [0, 0.05) is 5.02 Å². The van der Waals surface area contributed by atoms with Crippen molar-refractivity contribution in [3.8, 4) is 0 Å². The first kappa shape index (κ1) is 17.9. The molecule has 0 unspecified atom stereocenters. The Morgan fingerprint density at radius 3 is 1.83 bits per heavy atom. The topological polar surface area (TPSA) is 94.3 Å². The van der Waals surface area contributed by atoms with E-state index in [1.807, 2.05) is 0 Å². The molecule has 2 rings (SSSR count). The first-order valence-electron chi connectivity index (χ1n) is 6.60. The van der Waals surface area contributed by atoms with E-state index >= 15 is 0 Å². The van der Waals surface area contributed by atoms with Crippen LogP contribution in [0.5, 0.6) is 0 Å². The zero-order valence-electron chi connectivity index (χ0n) is 12.8. The molecule has 5 nitrogen and oxygen atoms in total. The van der Waals surface area contributed by atoms with Crippen LogP contribution in [0.1, 0.15) is 16.7 Å². The van der Waals surface area contributed by atoms with E-state index < -0.39 is 19.9 Å². The van der Waals surface area contributed by atoms with E-state index in [-0.39, 0.29) is 20.2 Å². The number of nitrogens with two attached hydrogens (primary N) is 1. The van der Waals surface area contributed by atoms with Crippen molar-refractivity contribution in [3.63, 3.8) is 0 Å². The highest BCUT2D eigenvalue weighted by atomic mass is 35.5. The fraction of sp³-hybridized carbons (Fsp3) is 0.200. The number of sulfone groups is 1. The molecule has 2 N–H and O–H groups in total. The largest absolute Gasteiger partial charge is 0.238 e. The van der Waals surface area contributed by atoms with Crippen LogP contribution < -0.4 is 5.14 Å². The highest BCUT2D eigenvalue weighted by Gasteiger charge is 2.27. The third-order valence-electron chi connectivity index (χ3n) is 3.51. The summed E-state index contributed by atoms with van der Waals surface area (Å²) >= 11 is 5.79. The van der Waals surface area contributed by atoms with Gasteiger partial charge in [0.2, 0.25) is 19.9 Å². The van der Waals surface area contributed by atoms with Crippen LogP contribution in [0, 0.1) is 20.8 Å². The van der Waals surface area contributed by atoms with Crippen LogP contribution in [0.2, 0.25) is 5.02 Å². The van der Waals surface area contributed by atoms with Gasteiger partial charge in [0.05, 0.1) is 14.7 Å². The SMILES string of the molecule is Cc1cc(C)c(S(=O)(=O)c2ccc(Cl)cc2)c(C)c1S(N)(=O)=O. The number of hydrogen-bond acceptors (Lipinski definition) is 4. The molecule has 0 aliphatic rings. The van der Waals surface area contributed by atoms with Crippen molar-refractivity contribution in [2.45, 2.75) is 35.5 Å². The fourth-order valence-corrected chi connectivity index (χ4v) is 5.68. The number of benzene rings is 2. The predicted octanol–water partition coefficient (Wildman–Crippen LogP) is 2.75. The molecule has 0 atom stereocenters. The molecule has 0 aliphatic carbocycles. The lowest BCUT2D eigenvalue weighted by atomic mass is 10.1. The average molecular weight is 374 g/mol. The van der Waals surface area contributed by atoms with E-state index in [1.54, 1.807) is 13.8 Å². The van der Waals surface area contributed by atoms with Gasteiger partial charge in [-0.15, -0.1) is 0 Å². The van der Waals surface area contributed by atoms with Gasteiger partial charge < -0.3 is 0 Å². The second-order valence-electron chi connectivity index (χ2n) is 5.30. The zero-order valence-corrected chi connectivity index (χ0v) is 15.2. The second-order valence-corrected chi connectivity index (χ2v) is 9.12. The Morgan fingerprint density at radius 2 is 1.35 bits per heavy atom. The maximum atomic E-state index is 12.9. The number of halogens is 1. The minimum atomic E-state index is -4.04. The van der Waals surface area contributed by atoms with Crippen molar-refractivity contribution in [1.29, 1.82) is 0 Å². The molecule has 0 saturated heterocycles. The summed E-state index contributed by atoms with van der Waals surface area (Å²) in [4.78, 5) is -0.164. The van der Waals surface area contributed by atoms with E-state index in [0.717, 1.165) is 0 Å². The van der Waals surface area contributed by atoms with Gasteiger partial charge in [0.1, 0.15) is 0 Å². The van der Waals surface area contributed by atoms with Crippen LogP contribution in [0.4, 0.5) is 0 Å². The molecule has 23 heavy (non-hydrogen) atoms. The molecule has 0 saturated carbocycles. The lowest BCUT2D eigenvalue weighted by Crippen LogP contribution is -2.18. The van der Waals surface area contributed by atoms with Crippen LogP contribution in [0.25, 0.3) is 0 Å². The molecule has 0 fully saturated rings. The summed E-state index contributed by atoms with van der Waals surface area (Å²) < 4.78 is 49.4. The molecule has 0 aromatic heterocycles. The van der Waals surface area contributed by atoms with Crippen molar-refractivity contribution in [2.75, 3.05) is 0 Å². The van der Waals surface area contributed by atoms with Gasteiger partial charge in [-0.25, -0.2) is 22.0 Å². The molecule has 0 amide bonds. The Kier molecular flexibility index (Phi) is 4.60. The monoisotopic (exact) mass is 373 g/mol. The molecule has 0 heterocycles. The Morgan fingerprint density at radius 1 is 0.870 bits per heavy atom. The summed E-state index contributed by atoms with van der Waals surface area (Å²) in [5, 5.41) is 5.65.